The molecule has 1 aromatic carbocycles. The molecule has 1 aliphatic heterocycles. The van der Waals surface area contributed by atoms with Crippen LogP contribution in [0.2, 0.25) is 0 Å². The van der Waals surface area contributed by atoms with Gasteiger partial charge in [-0.2, -0.15) is 10.1 Å². The van der Waals surface area contributed by atoms with Crippen LogP contribution in [-0.2, 0) is 19.3 Å². The van der Waals surface area contributed by atoms with Crippen LogP contribution in [0.3, 0.4) is 0 Å². The highest BCUT2D eigenvalue weighted by atomic mass is 16.7. The van der Waals surface area contributed by atoms with Crippen molar-refractivity contribution in [2.75, 3.05) is 14.2 Å². The summed E-state index contributed by atoms with van der Waals surface area (Å²) in [5.74, 6) is -0.703. The lowest BCUT2D eigenvalue weighted by atomic mass is 9.88. The number of hydrogen-bond acceptors (Lipinski definition) is 4. The van der Waals surface area contributed by atoms with Crippen LogP contribution < -0.4 is 0 Å². The third kappa shape index (κ3) is 4.14. The van der Waals surface area contributed by atoms with Crippen molar-refractivity contribution >= 4 is 17.4 Å². The molecule has 0 aliphatic carbocycles. The van der Waals surface area contributed by atoms with E-state index in [1.54, 1.807) is 0 Å². The topological polar surface area (TPSA) is 59.1 Å². The van der Waals surface area contributed by atoms with Gasteiger partial charge in [-0.05, 0) is 17.9 Å². The fourth-order valence-corrected chi connectivity index (χ4v) is 3.24. The largest absolute Gasteiger partial charge is 0.344 e. The Morgan fingerprint density at radius 2 is 1.58 bits per heavy atom. The maximum atomic E-state index is 12.3. The van der Waals surface area contributed by atoms with Gasteiger partial charge < -0.3 is 0 Å². The zero-order valence-corrected chi connectivity index (χ0v) is 16.0. The summed E-state index contributed by atoms with van der Waals surface area (Å²) < 4.78 is 0. The molecule has 0 saturated carbocycles. The molecule has 6 nitrogen and oxygen atoms in total. The Morgan fingerprint density at radius 1 is 1.00 bits per heavy atom. The fourth-order valence-electron chi connectivity index (χ4n) is 3.24. The van der Waals surface area contributed by atoms with Crippen molar-refractivity contribution in [1.82, 2.24) is 10.1 Å². The molecule has 0 radical (unpaired) electrons. The van der Waals surface area contributed by atoms with Crippen LogP contribution in [0, 0.1) is 5.92 Å². The third-order valence-corrected chi connectivity index (χ3v) is 4.73. The summed E-state index contributed by atoms with van der Waals surface area (Å²) in [7, 11) is 2.75. The number of allylic oxidation sites excluding steroid dienone is 1. The van der Waals surface area contributed by atoms with E-state index in [0.717, 1.165) is 53.4 Å². The molecule has 0 bridgehead atoms. The number of nitrogens with zero attached hydrogens (tertiary/aromatic N) is 2. The Bertz CT molecular complexity index is 633. The van der Waals surface area contributed by atoms with E-state index in [2.05, 4.69) is 13.8 Å². The second-order valence-electron chi connectivity index (χ2n) is 6.35. The minimum atomic E-state index is -0.751. The summed E-state index contributed by atoms with van der Waals surface area (Å²) in [6, 6.07) is 9.77. The quantitative estimate of drug-likeness (QED) is 0.629. The minimum Gasteiger partial charge on any atom is -0.267 e. The molecule has 1 aliphatic rings. The SMILES string of the molecule is CCCCC(CC)CC(=C1N(OC)C(=O)C(=O)N1OC)c1ccccc1. The van der Waals surface area contributed by atoms with Crippen molar-refractivity contribution in [2.24, 2.45) is 5.92 Å². The van der Waals surface area contributed by atoms with Crippen LogP contribution in [0.4, 0.5) is 0 Å². The molecule has 0 aromatic heterocycles. The summed E-state index contributed by atoms with van der Waals surface area (Å²) in [6.45, 7) is 4.34. The van der Waals surface area contributed by atoms with Gasteiger partial charge in [0.1, 0.15) is 0 Å². The monoisotopic (exact) mass is 360 g/mol. The molecule has 1 fully saturated rings. The van der Waals surface area contributed by atoms with E-state index in [-0.39, 0.29) is 0 Å². The first-order valence-corrected chi connectivity index (χ1v) is 9.14. The highest BCUT2D eigenvalue weighted by Crippen LogP contribution is 2.35. The molecule has 1 unspecified atom stereocenters. The van der Waals surface area contributed by atoms with Gasteiger partial charge in [0.05, 0.1) is 14.2 Å². The fraction of sp³-hybridized carbons (Fsp3) is 0.500. The van der Waals surface area contributed by atoms with Crippen molar-refractivity contribution in [2.45, 2.75) is 46.0 Å². The second kappa shape index (κ2) is 9.50. The molecule has 26 heavy (non-hydrogen) atoms. The molecule has 0 spiro atoms. The molecule has 0 N–H and O–H groups in total. The van der Waals surface area contributed by atoms with Gasteiger partial charge in [-0.15, -0.1) is 0 Å². The number of carbonyl (C=O) groups excluding carboxylic acids is 2. The molecule has 2 rings (SSSR count). The first kappa shape index (κ1) is 20.1. The molecule has 2 amide bonds. The predicted octanol–water partition coefficient (Wildman–Crippen LogP) is 3.76. The zero-order chi connectivity index (χ0) is 19.1. The number of amides is 2. The van der Waals surface area contributed by atoms with Crippen LogP contribution in [0.1, 0.15) is 51.5 Å². The van der Waals surface area contributed by atoms with E-state index in [9.17, 15) is 9.59 Å². The number of benzene rings is 1. The third-order valence-electron chi connectivity index (χ3n) is 4.73. The second-order valence-corrected chi connectivity index (χ2v) is 6.35. The molecule has 1 aromatic rings. The molecule has 1 saturated heterocycles. The lowest BCUT2D eigenvalue weighted by Crippen LogP contribution is -2.26. The van der Waals surface area contributed by atoms with Crippen LogP contribution in [0.25, 0.3) is 5.57 Å². The van der Waals surface area contributed by atoms with Gasteiger partial charge >= 0.3 is 11.8 Å². The highest BCUT2D eigenvalue weighted by Gasteiger charge is 2.45. The number of unbranched alkanes of at least 4 members (excludes halogenated alkanes) is 1. The van der Waals surface area contributed by atoms with Gasteiger partial charge in [0.15, 0.2) is 5.82 Å². The molecular weight excluding hydrogens is 332 g/mol. The summed E-state index contributed by atoms with van der Waals surface area (Å²) in [5.41, 5.74) is 1.82. The molecule has 142 valence electrons. The van der Waals surface area contributed by atoms with Crippen molar-refractivity contribution in [1.29, 1.82) is 0 Å². The van der Waals surface area contributed by atoms with E-state index in [0.29, 0.717) is 11.7 Å². The van der Waals surface area contributed by atoms with Gasteiger partial charge in [0.2, 0.25) is 0 Å². The summed E-state index contributed by atoms with van der Waals surface area (Å²) in [4.78, 5) is 35.0. The predicted molar refractivity (Wildman–Crippen MR) is 99.0 cm³/mol. The van der Waals surface area contributed by atoms with Crippen LogP contribution >= 0.6 is 0 Å². The van der Waals surface area contributed by atoms with Gasteiger partial charge in [0.25, 0.3) is 0 Å². The highest BCUT2D eigenvalue weighted by molar-refractivity contribution is 6.37. The number of rotatable bonds is 9. The number of carbonyl (C=O) groups is 2. The van der Waals surface area contributed by atoms with Gasteiger partial charge in [-0.1, -0.05) is 69.9 Å². The van der Waals surface area contributed by atoms with Gasteiger partial charge in [-0.3, -0.25) is 19.3 Å². The molecular formula is C20H28N2O4. The summed E-state index contributed by atoms with van der Waals surface area (Å²) in [5, 5.41) is 2.06. The molecule has 1 atom stereocenters. The van der Waals surface area contributed by atoms with Crippen molar-refractivity contribution in [3.63, 3.8) is 0 Å². The maximum Gasteiger partial charge on any atom is 0.344 e. The summed E-state index contributed by atoms with van der Waals surface area (Å²) >= 11 is 0. The zero-order valence-electron chi connectivity index (χ0n) is 16.0. The van der Waals surface area contributed by atoms with Crippen molar-refractivity contribution in [3.05, 3.63) is 41.7 Å². The summed E-state index contributed by atoms with van der Waals surface area (Å²) in [6.07, 6.45) is 5.13. The number of hydrogen-bond donors (Lipinski definition) is 0. The van der Waals surface area contributed by atoms with Crippen LogP contribution in [0.5, 0.6) is 0 Å². The Hall–Kier alpha value is -2.18. The smallest absolute Gasteiger partial charge is 0.267 e. The standard InChI is InChI=1S/C20H28N2O4/c1-5-7-11-15(6-2)14-17(16-12-9-8-10-13-16)18-21(25-3)19(23)20(24)22(18)26-4/h8-10,12-13,15H,5-7,11,14H2,1-4H3. The Balaban J connectivity index is 2.55. The van der Waals surface area contributed by atoms with Gasteiger partial charge in [0, 0.05) is 5.57 Å². The maximum absolute atomic E-state index is 12.3. The van der Waals surface area contributed by atoms with E-state index in [1.165, 1.54) is 14.2 Å². The van der Waals surface area contributed by atoms with Crippen molar-refractivity contribution in [3.8, 4) is 0 Å². The Labute approximate surface area is 155 Å². The van der Waals surface area contributed by atoms with E-state index in [1.807, 2.05) is 30.3 Å². The van der Waals surface area contributed by atoms with Crippen molar-refractivity contribution < 1.29 is 19.3 Å². The molecule has 6 heteroatoms. The minimum absolute atomic E-state index is 0.353. The average Bonchev–Trinajstić information content (AvgIpc) is 2.92. The average molecular weight is 360 g/mol. The lowest BCUT2D eigenvalue weighted by molar-refractivity contribution is -0.164. The number of hydroxylamine groups is 4. The van der Waals surface area contributed by atoms with Crippen LogP contribution in [-0.4, -0.2) is 36.2 Å². The van der Waals surface area contributed by atoms with Gasteiger partial charge in [-0.25, -0.2) is 0 Å². The first-order chi connectivity index (χ1) is 12.6. The van der Waals surface area contributed by atoms with E-state index in [4.69, 9.17) is 9.68 Å². The molecule has 1 heterocycles. The Morgan fingerprint density at radius 3 is 2.04 bits per heavy atom. The van der Waals surface area contributed by atoms with Crippen LogP contribution in [0.15, 0.2) is 36.2 Å². The van der Waals surface area contributed by atoms with E-state index >= 15 is 0 Å². The normalized spacial score (nSPS) is 15.8. The first-order valence-electron chi connectivity index (χ1n) is 9.14. The lowest BCUT2D eigenvalue weighted by Gasteiger charge is -2.24. The van der Waals surface area contributed by atoms with E-state index < -0.39 is 11.8 Å². The Kier molecular flexibility index (Phi) is 7.36.